The van der Waals surface area contributed by atoms with E-state index in [0.717, 1.165) is 4.47 Å². The molecule has 0 radical (unpaired) electrons. The zero-order valence-electron chi connectivity index (χ0n) is 11.7. The standard InChI is InChI=1S/C15H15BrFN3O/c1-20(2)15(21)9-3-6-12(18)14(7-9)19-13-8-10(16)4-5-11(13)17/h3-8,19H,18H2,1-2H3. The fraction of sp³-hybridized carbons (Fsp3) is 0.133. The highest BCUT2D eigenvalue weighted by Crippen LogP contribution is 2.28. The van der Waals surface area contributed by atoms with Crippen LogP contribution < -0.4 is 11.1 Å². The molecule has 110 valence electrons. The van der Waals surface area contributed by atoms with Gasteiger partial charge in [0, 0.05) is 24.1 Å². The average Bonchev–Trinajstić information content (AvgIpc) is 2.44. The molecule has 4 nitrogen and oxygen atoms in total. The summed E-state index contributed by atoms with van der Waals surface area (Å²) in [7, 11) is 3.33. The van der Waals surface area contributed by atoms with Crippen molar-refractivity contribution in [3.8, 4) is 0 Å². The number of nitrogens with two attached hydrogens (primary N) is 1. The fourth-order valence-electron chi connectivity index (χ4n) is 1.79. The zero-order valence-corrected chi connectivity index (χ0v) is 13.2. The van der Waals surface area contributed by atoms with Gasteiger partial charge in [0.05, 0.1) is 17.1 Å². The molecule has 0 atom stereocenters. The Kier molecular flexibility index (Phi) is 4.47. The minimum absolute atomic E-state index is 0.146. The molecular weight excluding hydrogens is 337 g/mol. The first-order valence-electron chi connectivity index (χ1n) is 6.21. The number of hydrogen-bond acceptors (Lipinski definition) is 3. The summed E-state index contributed by atoms with van der Waals surface area (Å²) in [6, 6.07) is 9.43. The van der Waals surface area contributed by atoms with Gasteiger partial charge in [0.25, 0.3) is 5.91 Å². The van der Waals surface area contributed by atoms with Crippen LogP contribution in [0.4, 0.5) is 21.5 Å². The zero-order chi connectivity index (χ0) is 15.6. The summed E-state index contributed by atoms with van der Waals surface area (Å²) >= 11 is 3.29. The lowest BCUT2D eigenvalue weighted by Crippen LogP contribution is -2.21. The first kappa shape index (κ1) is 15.3. The van der Waals surface area contributed by atoms with Crippen molar-refractivity contribution in [1.29, 1.82) is 0 Å². The van der Waals surface area contributed by atoms with Gasteiger partial charge in [0.2, 0.25) is 0 Å². The van der Waals surface area contributed by atoms with Crippen LogP contribution in [0.15, 0.2) is 40.9 Å². The molecule has 1 amide bonds. The van der Waals surface area contributed by atoms with Crippen LogP contribution in [0.25, 0.3) is 0 Å². The van der Waals surface area contributed by atoms with Crippen LogP contribution in [0, 0.1) is 5.82 Å². The number of nitrogens with zero attached hydrogens (tertiary/aromatic N) is 1. The van der Waals surface area contributed by atoms with Crippen LogP contribution >= 0.6 is 15.9 Å². The summed E-state index contributed by atoms with van der Waals surface area (Å²) < 4.78 is 14.5. The molecule has 0 unspecified atom stereocenters. The summed E-state index contributed by atoms with van der Waals surface area (Å²) in [5.74, 6) is -0.547. The van der Waals surface area contributed by atoms with Crippen molar-refractivity contribution in [3.63, 3.8) is 0 Å². The summed E-state index contributed by atoms with van der Waals surface area (Å²) in [4.78, 5) is 13.4. The molecule has 0 aliphatic rings. The molecule has 2 aromatic rings. The van der Waals surface area contributed by atoms with Crippen molar-refractivity contribution in [1.82, 2.24) is 4.90 Å². The van der Waals surface area contributed by atoms with Gasteiger partial charge in [0.1, 0.15) is 5.82 Å². The van der Waals surface area contributed by atoms with Gasteiger partial charge >= 0.3 is 0 Å². The Hall–Kier alpha value is -2.08. The SMILES string of the molecule is CN(C)C(=O)c1ccc(N)c(Nc2cc(Br)ccc2F)c1. The van der Waals surface area contributed by atoms with E-state index in [9.17, 15) is 9.18 Å². The number of anilines is 3. The predicted octanol–water partition coefficient (Wildman–Crippen LogP) is 3.62. The molecule has 0 aromatic heterocycles. The van der Waals surface area contributed by atoms with Gasteiger partial charge in [-0.05, 0) is 36.4 Å². The van der Waals surface area contributed by atoms with E-state index in [1.807, 2.05) is 0 Å². The van der Waals surface area contributed by atoms with Crippen LogP contribution in [0.5, 0.6) is 0 Å². The van der Waals surface area contributed by atoms with Gasteiger partial charge in [-0.3, -0.25) is 4.79 Å². The van der Waals surface area contributed by atoms with E-state index >= 15 is 0 Å². The quantitative estimate of drug-likeness (QED) is 0.830. The Morgan fingerprint density at radius 2 is 1.90 bits per heavy atom. The second-order valence-electron chi connectivity index (χ2n) is 4.75. The second-order valence-corrected chi connectivity index (χ2v) is 5.67. The molecule has 0 bridgehead atoms. The molecule has 0 aliphatic carbocycles. The highest BCUT2D eigenvalue weighted by atomic mass is 79.9. The molecule has 0 fully saturated rings. The van der Waals surface area contributed by atoms with Crippen LogP contribution in [0.1, 0.15) is 10.4 Å². The number of hydrogen-bond donors (Lipinski definition) is 2. The highest BCUT2D eigenvalue weighted by molar-refractivity contribution is 9.10. The molecule has 6 heteroatoms. The van der Waals surface area contributed by atoms with E-state index in [1.165, 1.54) is 11.0 Å². The van der Waals surface area contributed by atoms with Crippen molar-refractivity contribution in [2.45, 2.75) is 0 Å². The Labute approximate surface area is 130 Å². The number of rotatable bonds is 3. The molecule has 3 N–H and O–H groups in total. The molecule has 0 aliphatic heterocycles. The third-order valence-corrected chi connectivity index (χ3v) is 3.40. The number of nitrogen functional groups attached to an aromatic ring is 1. The van der Waals surface area contributed by atoms with Crippen molar-refractivity contribution in [3.05, 3.63) is 52.3 Å². The lowest BCUT2D eigenvalue weighted by molar-refractivity contribution is 0.0827. The minimum Gasteiger partial charge on any atom is -0.397 e. The predicted molar refractivity (Wildman–Crippen MR) is 86.3 cm³/mol. The van der Waals surface area contributed by atoms with Crippen LogP contribution in [0.2, 0.25) is 0 Å². The number of nitrogens with one attached hydrogen (secondary N) is 1. The fourth-order valence-corrected chi connectivity index (χ4v) is 2.16. The van der Waals surface area contributed by atoms with Crippen LogP contribution in [-0.2, 0) is 0 Å². The van der Waals surface area contributed by atoms with E-state index in [2.05, 4.69) is 21.2 Å². The Balaban J connectivity index is 2.37. The van der Waals surface area contributed by atoms with E-state index in [4.69, 9.17) is 5.73 Å². The summed E-state index contributed by atoms with van der Waals surface area (Å²) in [5, 5.41) is 2.91. The maximum absolute atomic E-state index is 13.8. The lowest BCUT2D eigenvalue weighted by atomic mass is 10.1. The van der Waals surface area contributed by atoms with E-state index in [0.29, 0.717) is 16.9 Å². The normalized spacial score (nSPS) is 10.3. The van der Waals surface area contributed by atoms with Gasteiger partial charge in [-0.2, -0.15) is 0 Å². The maximum atomic E-state index is 13.8. The molecule has 2 rings (SSSR count). The number of carbonyl (C=O) groups is 1. The van der Waals surface area contributed by atoms with E-state index in [1.54, 1.807) is 44.4 Å². The monoisotopic (exact) mass is 351 g/mol. The third kappa shape index (κ3) is 3.52. The molecular formula is C15H15BrFN3O. The molecule has 21 heavy (non-hydrogen) atoms. The Morgan fingerprint density at radius 1 is 1.19 bits per heavy atom. The topological polar surface area (TPSA) is 58.4 Å². The van der Waals surface area contributed by atoms with Gasteiger partial charge in [-0.15, -0.1) is 0 Å². The van der Waals surface area contributed by atoms with Crippen molar-refractivity contribution >= 4 is 38.9 Å². The third-order valence-electron chi connectivity index (χ3n) is 2.90. The molecule has 0 spiro atoms. The van der Waals surface area contributed by atoms with Gasteiger partial charge in [-0.25, -0.2) is 4.39 Å². The summed E-state index contributed by atoms with van der Waals surface area (Å²) in [6.07, 6.45) is 0. The first-order chi connectivity index (χ1) is 9.88. The first-order valence-corrected chi connectivity index (χ1v) is 7.01. The van der Waals surface area contributed by atoms with Crippen molar-refractivity contribution in [2.75, 3.05) is 25.1 Å². The molecule has 0 heterocycles. The van der Waals surface area contributed by atoms with E-state index < -0.39 is 5.82 Å². The van der Waals surface area contributed by atoms with Crippen molar-refractivity contribution in [2.24, 2.45) is 0 Å². The summed E-state index contributed by atoms with van der Waals surface area (Å²) in [6.45, 7) is 0. The minimum atomic E-state index is -0.401. The van der Waals surface area contributed by atoms with Crippen LogP contribution in [0.3, 0.4) is 0 Å². The van der Waals surface area contributed by atoms with Gasteiger partial charge in [0.15, 0.2) is 0 Å². The molecule has 0 saturated carbocycles. The Morgan fingerprint density at radius 3 is 2.57 bits per heavy atom. The maximum Gasteiger partial charge on any atom is 0.253 e. The van der Waals surface area contributed by atoms with Gasteiger partial charge < -0.3 is 16.0 Å². The Bertz CT molecular complexity index is 689. The number of benzene rings is 2. The lowest BCUT2D eigenvalue weighted by Gasteiger charge is -2.14. The number of halogens is 2. The molecule has 2 aromatic carbocycles. The van der Waals surface area contributed by atoms with E-state index in [-0.39, 0.29) is 11.6 Å². The largest absolute Gasteiger partial charge is 0.397 e. The smallest absolute Gasteiger partial charge is 0.253 e. The second kappa shape index (κ2) is 6.13. The number of carbonyl (C=O) groups excluding carboxylic acids is 1. The summed E-state index contributed by atoms with van der Waals surface area (Å²) in [5.41, 5.74) is 7.56. The average molecular weight is 352 g/mol. The van der Waals surface area contributed by atoms with Crippen LogP contribution in [-0.4, -0.2) is 24.9 Å². The van der Waals surface area contributed by atoms with Gasteiger partial charge in [-0.1, -0.05) is 15.9 Å². The number of amides is 1. The van der Waals surface area contributed by atoms with Crippen molar-refractivity contribution < 1.29 is 9.18 Å². The highest BCUT2D eigenvalue weighted by Gasteiger charge is 2.11. The molecule has 0 saturated heterocycles.